The largest absolute Gasteiger partial charge is 0.382 e. The quantitative estimate of drug-likeness (QED) is 0.306. The zero-order valence-corrected chi connectivity index (χ0v) is 23.7. The summed E-state index contributed by atoms with van der Waals surface area (Å²) in [5.41, 5.74) is 4.86. The van der Waals surface area contributed by atoms with Gasteiger partial charge in [0.05, 0.1) is 40.2 Å². The minimum absolute atomic E-state index is 0.0745. The van der Waals surface area contributed by atoms with Gasteiger partial charge < -0.3 is 30.9 Å². The van der Waals surface area contributed by atoms with Crippen molar-refractivity contribution in [2.24, 2.45) is 0 Å². The highest BCUT2D eigenvalue weighted by molar-refractivity contribution is 7.16. The minimum Gasteiger partial charge on any atom is -0.382 e. The van der Waals surface area contributed by atoms with Crippen LogP contribution in [-0.4, -0.2) is 71.7 Å². The van der Waals surface area contributed by atoms with Crippen LogP contribution in [0.2, 0.25) is 0 Å². The molecule has 1 aliphatic rings. The maximum absolute atomic E-state index is 13.0. The number of anilines is 3. The number of benzene rings is 1. The van der Waals surface area contributed by atoms with Crippen molar-refractivity contribution in [2.45, 2.75) is 53.1 Å². The summed E-state index contributed by atoms with van der Waals surface area (Å²) in [7, 11) is 0. The summed E-state index contributed by atoms with van der Waals surface area (Å²) in [6.45, 7) is 12.7. The Morgan fingerprint density at radius 1 is 1.11 bits per heavy atom. The summed E-state index contributed by atoms with van der Waals surface area (Å²) in [6.07, 6.45) is 2.19. The molecule has 3 heterocycles. The van der Waals surface area contributed by atoms with Crippen LogP contribution in [0.1, 0.15) is 51.4 Å². The number of aromatic nitrogens is 2. The van der Waals surface area contributed by atoms with Gasteiger partial charge in [0, 0.05) is 49.7 Å². The van der Waals surface area contributed by atoms with Crippen molar-refractivity contribution in [1.29, 1.82) is 0 Å². The topological polar surface area (TPSA) is 121 Å². The number of ether oxygens (including phenoxy) is 1. The van der Waals surface area contributed by atoms with Crippen LogP contribution < -0.4 is 21.3 Å². The first-order valence-corrected chi connectivity index (χ1v) is 14.1. The molecule has 1 saturated heterocycles. The molecular formula is C27H39N7O3S. The first-order valence-electron chi connectivity index (χ1n) is 13.2. The lowest BCUT2D eigenvalue weighted by atomic mass is 10.1. The van der Waals surface area contributed by atoms with Crippen molar-refractivity contribution < 1.29 is 14.3 Å². The summed E-state index contributed by atoms with van der Waals surface area (Å²) in [4.78, 5) is 35.8. The van der Waals surface area contributed by atoms with Crippen molar-refractivity contribution in [3.05, 3.63) is 41.5 Å². The smallest absolute Gasteiger partial charge is 0.317 e. The van der Waals surface area contributed by atoms with Gasteiger partial charge in [0.1, 0.15) is 5.82 Å². The first-order chi connectivity index (χ1) is 18.4. The zero-order chi connectivity index (χ0) is 27.5. The number of amides is 3. The second kappa shape index (κ2) is 14.5. The number of nitrogens with one attached hydrogen (secondary N) is 4. The Kier molecular flexibility index (Phi) is 11.1. The number of morpholine rings is 1. The van der Waals surface area contributed by atoms with Gasteiger partial charge in [-0.05, 0) is 45.4 Å². The molecular weight excluding hydrogens is 502 g/mol. The van der Waals surface area contributed by atoms with Gasteiger partial charge in [-0.1, -0.05) is 13.8 Å². The van der Waals surface area contributed by atoms with E-state index in [4.69, 9.17) is 4.74 Å². The van der Waals surface area contributed by atoms with Crippen molar-refractivity contribution in [1.82, 2.24) is 25.5 Å². The third-order valence-corrected chi connectivity index (χ3v) is 6.52. The maximum atomic E-state index is 13.0. The third kappa shape index (κ3) is 8.29. The fourth-order valence-corrected chi connectivity index (χ4v) is 4.57. The van der Waals surface area contributed by atoms with Crippen LogP contribution >= 0.6 is 11.3 Å². The number of hydrogen-bond donors (Lipinski definition) is 4. The van der Waals surface area contributed by atoms with E-state index in [2.05, 4.69) is 31.2 Å². The molecule has 3 amide bonds. The van der Waals surface area contributed by atoms with E-state index in [0.717, 1.165) is 15.9 Å². The van der Waals surface area contributed by atoms with E-state index >= 15 is 0 Å². The average Bonchev–Trinajstić information content (AvgIpc) is 3.38. The second-order valence-electron chi connectivity index (χ2n) is 9.07. The number of pyridine rings is 1. The summed E-state index contributed by atoms with van der Waals surface area (Å²) in [6, 6.07) is 7.76. The van der Waals surface area contributed by atoms with Crippen LogP contribution in [0.15, 0.2) is 36.0 Å². The number of rotatable bonds is 9. The van der Waals surface area contributed by atoms with Crippen LogP contribution in [0, 0.1) is 0 Å². The number of thiazole rings is 1. The van der Waals surface area contributed by atoms with Crippen molar-refractivity contribution >= 4 is 50.7 Å². The molecule has 0 radical (unpaired) electrons. The van der Waals surface area contributed by atoms with E-state index in [1.54, 1.807) is 22.4 Å². The lowest BCUT2D eigenvalue weighted by Crippen LogP contribution is -2.49. The van der Waals surface area contributed by atoms with Gasteiger partial charge in [-0.25, -0.2) is 14.8 Å². The summed E-state index contributed by atoms with van der Waals surface area (Å²) >= 11 is 1.58. The van der Waals surface area contributed by atoms with Crippen LogP contribution in [0.25, 0.3) is 10.2 Å². The number of carbonyl (C=O) groups excluding carboxylic acids is 2. The van der Waals surface area contributed by atoms with Crippen LogP contribution in [0.3, 0.4) is 0 Å². The normalized spacial score (nSPS) is 13.9. The fourth-order valence-electron chi connectivity index (χ4n) is 3.85. The Morgan fingerprint density at radius 2 is 1.87 bits per heavy atom. The molecule has 0 bridgehead atoms. The van der Waals surface area contributed by atoms with Gasteiger partial charge in [0.2, 0.25) is 0 Å². The minimum atomic E-state index is -0.213. The monoisotopic (exact) mass is 541 g/mol. The van der Waals surface area contributed by atoms with Crippen LogP contribution in [0.5, 0.6) is 0 Å². The van der Waals surface area contributed by atoms with E-state index in [-0.39, 0.29) is 24.0 Å². The van der Waals surface area contributed by atoms with E-state index < -0.39 is 0 Å². The second-order valence-corrected chi connectivity index (χ2v) is 9.95. The highest BCUT2D eigenvalue weighted by Crippen LogP contribution is 2.26. The van der Waals surface area contributed by atoms with Gasteiger partial charge in [-0.15, -0.1) is 11.3 Å². The van der Waals surface area contributed by atoms with Gasteiger partial charge in [-0.3, -0.25) is 4.79 Å². The molecule has 206 valence electrons. The lowest BCUT2D eigenvalue weighted by Gasteiger charge is -2.28. The molecule has 3 aromatic rings. The van der Waals surface area contributed by atoms with Gasteiger partial charge in [0.25, 0.3) is 5.91 Å². The predicted octanol–water partition coefficient (Wildman–Crippen LogP) is 4.83. The molecule has 2 aromatic heterocycles. The standard InChI is InChI=1S/C25H33N7O3S.C2H6/c1-16(2)29-21-13-23(31-18-4-5-20-22(12-18)36-15-28-20)27-14-19(21)24(33)26-7-6-17(3)30-25(34)32-8-10-35-11-9-32;1-2/h4-5,12-17H,6-11H2,1-3H3,(H,26,33)(H,30,34)(H2,27,29,31);1-2H3/t17-;/m1./s1. The summed E-state index contributed by atoms with van der Waals surface area (Å²) < 4.78 is 6.38. The number of fused-ring (bicyclic) bond motifs is 1. The Labute approximate surface area is 228 Å². The number of carbonyl (C=O) groups is 2. The molecule has 4 rings (SSSR count). The molecule has 0 spiro atoms. The molecule has 0 saturated carbocycles. The Balaban J connectivity index is 0.00000195. The molecule has 1 atom stereocenters. The average molecular weight is 542 g/mol. The van der Waals surface area contributed by atoms with Crippen LogP contribution in [0.4, 0.5) is 22.0 Å². The highest BCUT2D eigenvalue weighted by atomic mass is 32.1. The van der Waals surface area contributed by atoms with E-state index in [1.165, 1.54) is 0 Å². The lowest BCUT2D eigenvalue weighted by molar-refractivity contribution is 0.0525. The maximum Gasteiger partial charge on any atom is 0.317 e. The van der Waals surface area contributed by atoms with E-state index in [1.807, 2.05) is 64.4 Å². The first kappa shape index (κ1) is 29.1. The molecule has 11 heteroatoms. The van der Waals surface area contributed by atoms with Crippen LogP contribution in [-0.2, 0) is 4.74 Å². The molecule has 38 heavy (non-hydrogen) atoms. The Hall–Kier alpha value is -3.44. The van der Waals surface area contributed by atoms with Crippen molar-refractivity contribution in [3.8, 4) is 0 Å². The molecule has 10 nitrogen and oxygen atoms in total. The van der Waals surface area contributed by atoms with Gasteiger partial charge in [-0.2, -0.15) is 0 Å². The molecule has 1 aromatic carbocycles. The summed E-state index contributed by atoms with van der Waals surface area (Å²) in [5, 5.41) is 12.6. The van der Waals surface area contributed by atoms with Crippen molar-refractivity contribution in [2.75, 3.05) is 43.5 Å². The van der Waals surface area contributed by atoms with E-state index in [0.29, 0.717) is 56.3 Å². The number of urea groups is 1. The van der Waals surface area contributed by atoms with Gasteiger partial charge >= 0.3 is 6.03 Å². The van der Waals surface area contributed by atoms with Crippen molar-refractivity contribution in [3.63, 3.8) is 0 Å². The van der Waals surface area contributed by atoms with Gasteiger partial charge in [0.15, 0.2) is 0 Å². The third-order valence-electron chi connectivity index (χ3n) is 5.73. The number of hydrogen-bond acceptors (Lipinski definition) is 8. The molecule has 4 N–H and O–H groups in total. The molecule has 1 aliphatic heterocycles. The number of nitrogens with zero attached hydrogens (tertiary/aromatic N) is 3. The Bertz CT molecular complexity index is 1190. The fraction of sp³-hybridized carbons (Fsp3) is 0.481. The van der Waals surface area contributed by atoms with E-state index in [9.17, 15) is 9.59 Å². The predicted molar refractivity (Wildman–Crippen MR) is 155 cm³/mol. The molecule has 1 fully saturated rings. The Morgan fingerprint density at radius 3 is 2.61 bits per heavy atom. The molecule has 0 aliphatic carbocycles. The molecule has 0 unspecified atom stereocenters. The SMILES string of the molecule is CC.CC(C)Nc1cc(Nc2ccc3ncsc3c2)ncc1C(=O)NCC[C@@H](C)NC(=O)N1CCOCC1. The highest BCUT2D eigenvalue weighted by Gasteiger charge is 2.19. The zero-order valence-electron chi connectivity index (χ0n) is 22.8. The summed E-state index contributed by atoms with van der Waals surface area (Å²) in [5.74, 6) is 0.424.